The van der Waals surface area contributed by atoms with Crippen LogP contribution in [0, 0.1) is 23.0 Å². The van der Waals surface area contributed by atoms with Gasteiger partial charge in [0, 0.05) is 12.6 Å². The molecule has 0 radical (unpaired) electrons. The molecule has 4 heteroatoms. The van der Waals surface area contributed by atoms with Gasteiger partial charge in [0.05, 0.1) is 11.6 Å². The third-order valence-electron chi connectivity index (χ3n) is 3.18. The maximum absolute atomic E-state index is 13.2. The molecular weight excluding hydrogens is 258 g/mol. The van der Waals surface area contributed by atoms with Gasteiger partial charge in [0.2, 0.25) is 0 Å². The lowest BCUT2D eigenvalue weighted by atomic mass is 10.1. The van der Waals surface area contributed by atoms with Crippen LogP contribution in [0.2, 0.25) is 0 Å². The first-order valence-electron chi connectivity index (χ1n) is 6.28. The highest BCUT2D eigenvalue weighted by molar-refractivity contribution is 5.37. The van der Waals surface area contributed by atoms with Crippen molar-refractivity contribution in [2.24, 2.45) is 0 Å². The Morgan fingerprint density at radius 2 is 1.90 bits per heavy atom. The largest absolute Gasteiger partial charge is 0.306 e. The standard InChI is InChI=1S/C16H14F2N2/c1-11(12-6-7-15(17)16(18)8-12)20-10-14-5-3-2-4-13(14)9-19/h2-8,11,20H,10H2,1H3. The molecule has 2 aromatic rings. The molecule has 2 aromatic carbocycles. The topological polar surface area (TPSA) is 35.8 Å². The summed E-state index contributed by atoms with van der Waals surface area (Å²) in [5.74, 6) is -1.70. The fourth-order valence-corrected chi connectivity index (χ4v) is 1.95. The minimum absolute atomic E-state index is 0.142. The van der Waals surface area contributed by atoms with Crippen LogP contribution in [0.1, 0.15) is 29.7 Å². The fourth-order valence-electron chi connectivity index (χ4n) is 1.95. The molecular formula is C16H14F2N2. The molecule has 1 unspecified atom stereocenters. The summed E-state index contributed by atoms with van der Waals surface area (Å²) in [6.07, 6.45) is 0. The molecule has 0 aromatic heterocycles. The molecule has 0 saturated carbocycles. The Hall–Kier alpha value is -2.25. The van der Waals surface area contributed by atoms with Crippen molar-refractivity contribution in [2.45, 2.75) is 19.5 Å². The van der Waals surface area contributed by atoms with Gasteiger partial charge in [-0.25, -0.2) is 8.78 Å². The van der Waals surface area contributed by atoms with Gasteiger partial charge < -0.3 is 5.32 Å². The lowest BCUT2D eigenvalue weighted by molar-refractivity contribution is 0.500. The Kier molecular flexibility index (Phi) is 4.44. The van der Waals surface area contributed by atoms with Gasteiger partial charge in [0.1, 0.15) is 0 Å². The quantitative estimate of drug-likeness (QED) is 0.921. The van der Waals surface area contributed by atoms with E-state index in [4.69, 9.17) is 5.26 Å². The number of hydrogen-bond acceptors (Lipinski definition) is 2. The Labute approximate surface area is 116 Å². The van der Waals surface area contributed by atoms with E-state index in [0.717, 1.165) is 11.6 Å². The Bertz CT molecular complexity index is 647. The molecule has 1 N–H and O–H groups in total. The smallest absolute Gasteiger partial charge is 0.159 e. The molecule has 2 rings (SSSR count). The summed E-state index contributed by atoms with van der Waals surface area (Å²) in [6, 6.07) is 13.1. The van der Waals surface area contributed by atoms with Crippen LogP contribution < -0.4 is 5.32 Å². The van der Waals surface area contributed by atoms with Gasteiger partial charge in [-0.2, -0.15) is 5.26 Å². The first-order valence-corrected chi connectivity index (χ1v) is 6.28. The molecule has 102 valence electrons. The van der Waals surface area contributed by atoms with Gasteiger partial charge in [-0.3, -0.25) is 0 Å². The van der Waals surface area contributed by atoms with Crippen LogP contribution in [-0.4, -0.2) is 0 Å². The third-order valence-corrected chi connectivity index (χ3v) is 3.18. The van der Waals surface area contributed by atoms with E-state index in [-0.39, 0.29) is 6.04 Å². The van der Waals surface area contributed by atoms with Gasteiger partial charge >= 0.3 is 0 Å². The molecule has 0 fully saturated rings. The number of benzene rings is 2. The summed E-state index contributed by atoms with van der Waals surface area (Å²) in [5.41, 5.74) is 2.15. The van der Waals surface area contributed by atoms with E-state index in [1.165, 1.54) is 6.07 Å². The minimum Gasteiger partial charge on any atom is -0.306 e. The molecule has 0 saturated heterocycles. The fraction of sp³-hybridized carbons (Fsp3) is 0.188. The zero-order chi connectivity index (χ0) is 14.5. The van der Waals surface area contributed by atoms with Crippen LogP contribution in [0.25, 0.3) is 0 Å². The second-order valence-corrected chi connectivity index (χ2v) is 4.55. The SMILES string of the molecule is CC(NCc1ccccc1C#N)c1ccc(F)c(F)c1. The highest BCUT2D eigenvalue weighted by Gasteiger charge is 2.09. The van der Waals surface area contributed by atoms with Gasteiger partial charge in [0.25, 0.3) is 0 Å². The molecule has 0 heterocycles. The van der Waals surface area contributed by atoms with Crippen LogP contribution >= 0.6 is 0 Å². The van der Waals surface area contributed by atoms with Crippen molar-refractivity contribution in [3.05, 3.63) is 70.8 Å². The van der Waals surface area contributed by atoms with E-state index < -0.39 is 11.6 Å². The van der Waals surface area contributed by atoms with Crippen molar-refractivity contribution < 1.29 is 8.78 Å². The van der Waals surface area contributed by atoms with E-state index in [1.54, 1.807) is 18.2 Å². The molecule has 20 heavy (non-hydrogen) atoms. The van der Waals surface area contributed by atoms with Crippen LogP contribution in [0.3, 0.4) is 0 Å². The number of nitriles is 1. The predicted molar refractivity (Wildman–Crippen MR) is 72.8 cm³/mol. The zero-order valence-corrected chi connectivity index (χ0v) is 11.0. The minimum atomic E-state index is -0.853. The van der Waals surface area contributed by atoms with Crippen LogP contribution in [0.5, 0.6) is 0 Å². The van der Waals surface area contributed by atoms with E-state index in [0.29, 0.717) is 17.7 Å². The number of hydrogen-bond donors (Lipinski definition) is 1. The van der Waals surface area contributed by atoms with Crippen molar-refractivity contribution in [1.29, 1.82) is 5.26 Å². The van der Waals surface area contributed by atoms with E-state index in [9.17, 15) is 8.78 Å². The van der Waals surface area contributed by atoms with Crippen molar-refractivity contribution in [3.8, 4) is 6.07 Å². The van der Waals surface area contributed by atoms with Gasteiger partial charge in [0.15, 0.2) is 11.6 Å². The Morgan fingerprint density at radius 3 is 2.60 bits per heavy atom. The summed E-state index contributed by atoms with van der Waals surface area (Å²) < 4.78 is 26.1. The molecule has 0 aliphatic rings. The molecule has 0 aliphatic heterocycles. The number of nitrogens with one attached hydrogen (secondary N) is 1. The molecule has 1 atom stereocenters. The van der Waals surface area contributed by atoms with Crippen LogP contribution in [0.4, 0.5) is 8.78 Å². The van der Waals surface area contributed by atoms with Crippen LogP contribution in [-0.2, 0) is 6.54 Å². The maximum Gasteiger partial charge on any atom is 0.159 e. The average Bonchev–Trinajstić information content (AvgIpc) is 2.47. The first-order chi connectivity index (χ1) is 9.61. The Balaban J connectivity index is 2.07. The number of rotatable bonds is 4. The molecule has 0 spiro atoms. The second kappa shape index (κ2) is 6.27. The normalized spacial score (nSPS) is 11.9. The number of halogens is 2. The van der Waals surface area contributed by atoms with E-state index in [2.05, 4.69) is 11.4 Å². The number of nitrogens with zero attached hydrogens (tertiary/aromatic N) is 1. The monoisotopic (exact) mass is 272 g/mol. The third kappa shape index (κ3) is 3.19. The average molecular weight is 272 g/mol. The summed E-state index contributed by atoms with van der Waals surface area (Å²) in [5, 5.41) is 12.2. The first kappa shape index (κ1) is 14.2. The van der Waals surface area contributed by atoms with Crippen molar-refractivity contribution >= 4 is 0 Å². The molecule has 2 nitrogen and oxygen atoms in total. The summed E-state index contributed by atoms with van der Waals surface area (Å²) >= 11 is 0. The summed E-state index contributed by atoms with van der Waals surface area (Å²) in [7, 11) is 0. The zero-order valence-electron chi connectivity index (χ0n) is 11.0. The second-order valence-electron chi connectivity index (χ2n) is 4.55. The van der Waals surface area contributed by atoms with Crippen molar-refractivity contribution in [3.63, 3.8) is 0 Å². The summed E-state index contributed by atoms with van der Waals surface area (Å²) in [4.78, 5) is 0. The maximum atomic E-state index is 13.2. The van der Waals surface area contributed by atoms with Gasteiger partial charge in [-0.05, 0) is 36.2 Å². The lowest BCUT2D eigenvalue weighted by Gasteiger charge is -2.15. The van der Waals surface area contributed by atoms with E-state index in [1.807, 2.05) is 19.1 Å². The lowest BCUT2D eigenvalue weighted by Crippen LogP contribution is -2.19. The highest BCUT2D eigenvalue weighted by Crippen LogP contribution is 2.17. The molecule has 0 bridgehead atoms. The van der Waals surface area contributed by atoms with E-state index >= 15 is 0 Å². The molecule has 0 aliphatic carbocycles. The Morgan fingerprint density at radius 1 is 1.15 bits per heavy atom. The predicted octanol–water partition coefficient (Wildman–Crippen LogP) is 3.69. The van der Waals surface area contributed by atoms with Crippen molar-refractivity contribution in [2.75, 3.05) is 0 Å². The summed E-state index contributed by atoms with van der Waals surface area (Å²) in [6.45, 7) is 2.35. The highest BCUT2D eigenvalue weighted by atomic mass is 19.2. The van der Waals surface area contributed by atoms with Gasteiger partial charge in [-0.1, -0.05) is 24.3 Å². The molecule has 0 amide bonds. The van der Waals surface area contributed by atoms with Crippen molar-refractivity contribution in [1.82, 2.24) is 5.32 Å². The van der Waals surface area contributed by atoms with Crippen LogP contribution in [0.15, 0.2) is 42.5 Å². The van der Waals surface area contributed by atoms with Gasteiger partial charge in [-0.15, -0.1) is 0 Å².